The highest BCUT2D eigenvalue weighted by Gasteiger charge is 2.15. The third-order valence-corrected chi connectivity index (χ3v) is 2.21. The molecule has 2 heterocycles. The third-order valence-electron chi connectivity index (χ3n) is 2.21. The van der Waals surface area contributed by atoms with E-state index >= 15 is 0 Å². The molecule has 1 aliphatic rings. The summed E-state index contributed by atoms with van der Waals surface area (Å²) in [6, 6.07) is 2.06. The van der Waals surface area contributed by atoms with Gasteiger partial charge in [-0.1, -0.05) is 0 Å². The van der Waals surface area contributed by atoms with Crippen molar-refractivity contribution in [3.05, 3.63) is 24.0 Å². The molecule has 2 heteroatoms. The fraction of sp³-hybridized carbons (Fsp3) is 0.444. The first-order chi connectivity index (χ1) is 5.38. The van der Waals surface area contributed by atoms with E-state index in [0.717, 1.165) is 0 Å². The quantitative estimate of drug-likeness (QED) is 0.601. The fourth-order valence-corrected chi connectivity index (χ4v) is 1.34. The van der Waals surface area contributed by atoms with Crippen LogP contribution < -0.4 is 4.90 Å². The molecule has 0 unspecified atom stereocenters. The van der Waals surface area contributed by atoms with Gasteiger partial charge in [0.15, 0.2) is 0 Å². The van der Waals surface area contributed by atoms with Crippen LogP contribution in [0.15, 0.2) is 18.5 Å². The highest BCUT2D eigenvalue weighted by atomic mass is 15.2. The van der Waals surface area contributed by atoms with E-state index in [4.69, 9.17) is 0 Å². The van der Waals surface area contributed by atoms with E-state index in [0.29, 0.717) is 0 Å². The number of pyridine rings is 1. The van der Waals surface area contributed by atoms with Gasteiger partial charge in [0.2, 0.25) is 0 Å². The van der Waals surface area contributed by atoms with E-state index in [9.17, 15) is 0 Å². The van der Waals surface area contributed by atoms with E-state index < -0.39 is 0 Å². The van der Waals surface area contributed by atoms with Gasteiger partial charge in [0.1, 0.15) is 0 Å². The summed E-state index contributed by atoms with van der Waals surface area (Å²) < 4.78 is 0. The lowest BCUT2D eigenvalue weighted by Crippen LogP contribution is -2.37. The average molecular weight is 148 g/mol. The molecule has 1 aromatic rings. The summed E-state index contributed by atoms with van der Waals surface area (Å²) >= 11 is 0. The molecular weight excluding hydrogens is 136 g/mol. The van der Waals surface area contributed by atoms with Crippen LogP contribution in [-0.4, -0.2) is 18.1 Å². The zero-order valence-electron chi connectivity index (χ0n) is 6.75. The fourth-order valence-electron chi connectivity index (χ4n) is 1.34. The molecular formula is C9H12N2. The molecule has 0 radical (unpaired) electrons. The van der Waals surface area contributed by atoms with Gasteiger partial charge in [-0.25, -0.2) is 0 Å². The normalized spacial score (nSPS) is 16.3. The molecule has 0 N–H and O–H groups in total. The number of aryl methyl sites for hydroxylation is 1. The van der Waals surface area contributed by atoms with Crippen molar-refractivity contribution < 1.29 is 0 Å². The van der Waals surface area contributed by atoms with Crippen molar-refractivity contribution in [2.24, 2.45) is 0 Å². The van der Waals surface area contributed by atoms with Gasteiger partial charge in [-0.3, -0.25) is 4.98 Å². The summed E-state index contributed by atoms with van der Waals surface area (Å²) in [5, 5.41) is 0. The Balaban J connectivity index is 2.28. The summed E-state index contributed by atoms with van der Waals surface area (Å²) in [4.78, 5) is 6.47. The molecule has 0 atom stereocenters. The largest absolute Gasteiger partial charge is 0.370 e. The first kappa shape index (κ1) is 6.65. The lowest BCUT2D eigenvalue weighted by atomic mass is 10.1. The Hall–Kier alpha value is -1.05. The van der Waals surface area contributed by atoms with Gasteiger partial charge in [0.25, 0.3) is 0 Å². The van der Waals surface area contributed by atoms with E-state index in [1.165, 1.54) is 30.8 Å². The zero-order chi connectivity index (χ0) is 7.68. The standard InChI is InChI=1S/C9H12N2/c1-8-3-4-10-7-9(8)11-5-2-6-11/h3-4,7H,2,5-6H2,1H3. The minimum atomic E-state index is 1.20. The first-order valence-electron chi connectivity index (χ1n) is 4.03. The number of hydrogen-bond donors (Lipinski definition) is 0. The molecule has 0 aliphatic carbocycles. The molecule has 0 aromatic carbocycles. The van der Waals surface area contributed by atoms with E-state index in [1.54, 1.807) is 0 Å². The Morgan fingerprint density at radius 1 is 1.45 bits per heavy atom. The first-order valence-corrected chi connectivity index (χ1v) is 4.03. The maximum Gasteiger partial charge on any atom is 0.0582 e. The maximum absolute atomic E-state index is 4.11. The average Bonchev–Trinajstić information content (AvgIpc) is 1.90. The van der Waals surface area contributed by atoms with Crippen LogP contribution in [0.5, 0.6) is 0 Å². The predicted octanol–water partition coefficient (Wildman–Crippen LogP) is 1.60. The third kappa shape index (κ3) is 1.09. The smallest absolute Gasteiger partial charge is 0.0582 e. The summed E-state index contributed by atoms with van der Waals surface area (Å²) in [5.41, 5.74) is 2.64. The lowest BCUT2D eigenvalue weighted by Gasteiger charge is -2.33. The van der Waals surface area contributed by atoms with Gasteiger partial charge < -0.3 is 4.90 Å². The van der Waals surface area contributed by atoms with Gasteiger partial charge in [0.05, 0.1) is 11.9 Å². The zero-order valence-corrected chi connectivity index (χ0v) is 6.75. The topological polar surface area (TPSA) is 16.1 Å². The molecule has 58 valence electrons. The van der Waals surface area contributed by atoms with E-state index in [-0.39, 0.29) is 0 Å². The van der Waals surface area contributed by atoms with Crippen molar-refractivity contribution in [3.63, 3.8) is 0 Å². The van der Waals surface area contributed by atoms with Crippen LogP contribution in [0.4, 0.5) is 5.69 Å². The Kier molecular flexibility index (Phi) is 1.53. The van der Waals surface area contributed by atoms with Gasteiger partial charge in [-0.2, -0.15) is 0 Å². The number of anilines is 1. The molecule has 2 rings (SSSR count). The van der Waals surface area contributed by atoms with E-state index in [2.05, 4.69) is 22.9 Å². The lowest BCUT2D eigenvalue weighted by molar-refractivity contribution is 0.615. The summed E-state index contributed by atoms with van der Waals surface area (Å²) in [7, 11) is 0. The molecule has 0 saturated carbocycles. The highest BCUT2D eigenvalue weighted by Crippen LogP contribution is 2.22. The molecule has 1 aromatic heterocycles. The second kappa shape index (κ2) is 2.53. The molecule has 2 nitrogen and oxygen atoms in total. The van der Waals surface area contributed by atoms with Gasteiger partial charge in [-0.05, 0) is 25.0 Å². The van der Waals surface area contributed by atoms with Crippen molar-refractivity contribution in [3.8, 4) is 0 Å². The van der Waals surface area contributed by atoms with Crippen LogP contribution in [0.2, 0.25) is 0 Å². The Labute approximate surface area is 66.9 Å². The molecule has 0 spiro atoms. The van der Waals surface area contributed by atoms with Gasteiger partial charge >= 0.3 is 0 Å². The van der Waals surface area contributed by atoms with Crippen molar-refractivity contribution >= 4 is 5.69 Å². The van der Waals surface area contributed by atoms with Crippen molar-refractivity contribution in [1.29, 1.82) is 0 Å². The van der Waals surface area contributed by atoms with Crippen molar-refractivity contribution in [2.45, 2.75) is 13.3 Å². The molecule has 1 saturated heterocycles. The molecule has 0 bridgehead atoms. The van der Waals surface area contributed by atoms with Crippen LogP contribution in [0, 0.1) is 6.92 Å². The second-order valence-corrected chi connectivity index (χ2v) is 3.00. The number of aromatic nitrogens is 1. The highest BCUT2D eigenvalue weighted by molar-refractivity contribution is 5.52. The van der Waals surface area contributed by atoms with Crippen LogP contribution in [0.25, 0.3) is 0 Å². The summed E-state index contributed by atoms with van der Waals surface area (Å²) in [5.74, 6) is 0. The molecule has 1 fully saturated rings. The Bertz CT molecular complexity index is 253. The second-order valence-electron chi connectivity index (χ2n) is 3.00. The van der Waals surface area contributed by atoms with E-state index in [1.807, 2.05) is 12.4 Å². The minimum absolute atomic E-state index is 1.20. The maximum atomic E-state index is 4.11. The number of hydrogen-bond acceptors (Lipinski definition) is 2. The van der Waals surface area contributed by atoms with Crippen LogP contribution in [-0.2, 0) is 0 Å². The Morgan fingerprint density at radius 2 is 2.27 bits per heavy atom. The minimum Gasteiger partial charge on any atom is -0.370 e. The van der Waals surface area contributed by atoms with Crippen molar-refractivity contribution in [1.82, 2.24) is 4.98 Å². The van der Waals surface area contributed by atoms with Crippen LogP contribution in [0.3, 0.4) is 0 Å². The molecule has 11 heavy (non-hydrogen) atoms. The Morgan fingerprint density at radius 3 is 2.82 bits per heavy atom. The van der Waals surface area contributed by atoms with Gasteiger partial charge in [0, 0.05) is 19.3 Å². The molecule has 1 aliphatic heterocycles. The number of rotatable bonds is 1. The van der Waals surface area contributed by atoms with Crippen molar-refractivity contribution in [2.75, 3.05) is 18.0 Å². The molecule has 0 amide bonds. The summed E-state index contributed by atoms with van der Waals surface area (Å²) in [6.07, 6.45) is 5.13. The van der Waals surface area contributed by atoms with Crippen LogP contribution >= 0.6 is 0 Å². The number of nitrogens with zero attached hydrogens (tertiary/aromatic N) is 2. The predicted molar refractivity (Wildman–Crippen MR) is 45.8 cm³/mol. The van der Waals surface area contributed by atoms with Crippen LogP contribution in [0.1, 0.15) is 12.0 Å². The van der Waals surface area contributed by atoms with Gasteiger partial charge in [-0.15, -0.1) is 0 Å². The summed E-state index contributed by atoms with van der Waals surface area (Å²) in [6.45, 7) is 4.54. The SMILES string of the molecule is Cc1ccncc1N1CCC1. The monoisotopic (exact) mass is 148 g/mol.